The molecule has 8 heteroatoms. The van der Waals surface area contributed by atoms with Crippen LogP contribution >= 0.6 is 23.5 Å². The zero-order chi connectivity index (χ0) is 11.4. The summed E-state index contributed by atoms with van der Waals surface area (Å²) in [6, 6.07) is 0. The molecule has 6 nitrogen and oxygen atoms in total. The SMILES string of the molecule is O=C=NCSC(CN=C=O)SCN=C=O. The smallest absolute Gasteiger partial charge is 0.211 e. The maximum absolute atomic E-state index is 9.89. The summed E-state index contributed by atoms with van der Waals surface area (Å²) in [5.74, 6) is 0.473. The minimum absolute atomic E-state index is 0.0966. The molecule has 0 radical (unpaired) electrons. The van der Waals surface area contributed by atoms with Gasteiger partial charge in [0.1, 0.15) is 0 Å². The molecule has 0 saturated carbocycles. The van der Waals surface area contributed by atoms with E-state index in [9.17, 15) is 14.4 Å². The zero-order valence-corrected chi connectivity index (χ0v) is 9.21. The van der Waals surface area contributed by atoms with E-state index >= 15 is 0 Å². The first kappa shape index (κ1) is 13.8. The van der Waals surface area contributed by atoms with E-state index in [2.05, 4.69) is 15.0 Å². The highest BCUT2D eigenvalue weighted by Crippen LogP contribution is 2.23. The molecular formula is C7H7N3O3S2. The van der Waals surface area contributed by atoms with Crippen LogP contribution in [0.5, 0.6) is 0 Å². The largest absolute Gasteiger partial charge is 0.235 e. The standard InChI is InChI=1S/C7H7N3O3S2/c11-2-8-1-7(14-5-9-3-12)15-6-10-4-13/h7H,1,5-6H2. The first-order chi connectivity index (χ1) is 7.35. The lowest BCUT2D eigenvalue weighted by Gasteiger charge is -2.08. The number of carbonyl (C=O) groups excluding carboxylic acids is 3. The lowest BCUT2D eigenvalue weighted by atomic mass is 10.8. The van der Waals surface area contributed by atoms with Gasteiger partial charge in [-0.25, -0.2) is 19.4 Å². The van der Waals surface area contributed by atoms with Crippen molar-refractivity contribution in [1.29, 1.82) is 0 Å². The molecule has 0 N–H and O–H groups in total. The molecule has 0 fully saturated rings. The summed E-state index contributed by atoms with van der Waals surface area (Å²) in [5.41, 5.74) is 0. The Balaban J connectivity index is 3.97. The van der Waals surface area contributed by atoms with E-state index in [1.54, 1.807) is 0 Å². The van der Waals surface area contributed by atoms with E-state index in [1.165, 1.54) is 41.8 Å². The van der Waals surface area contributed by atoms with Gasteiger partial charge in [0.25, 0.3) is 0 Å². The van der Waals surface area contributed by atoms with Crippen LogP contribution in [0.1, 0.15) is 0 Å². The number of hydrogen-bond donors (Lipinski definition) is 0. The normalized spacial score (nSPS) is 10.4. The molecule has 80 valence electrons. The number of rotatable bonds is 8. The molecule has 0 aromatic rings. The quantitative estimate of drug-likeness (QED) is 0.357. The van der Waals surface area contributed by atoms with Crippen LogP contribution in [0.3, 0.4) is 0 Å². The van der Waals surface area contributed by atoms with Gasteiger partial charge in [0.05, 0.1) is 22.9 Å². The molecule has 0 amide bonds. The maximum atomic E-state index is 9.89. The van der Waals surface area contributed by atoms with Crippen LogP contribution in [0, 0.1) is 0 Å². The van der Waals surface area contributed by atoms with Gasteiger partial charge in [0, 0.05) is 0 Å². The zero-order valence-electron chi connectivity index (χ0n) is 7.58. The molecule has 0 unspecified atom stereocenters. The van der Waals surface area contributed by atoms with Crippen molar-refractivity contribution in [3.05, 3.63) is 0 Å². The Morgan fingerprint density at radius 3 is 1.73 bits per heavy atom. The average Bonchev–Trinajstić information content (AvgIpc) is 2.25. The summed E-state index contributed by atoms with van der Waals surface area (Å²) >= 11 is 2.62. The summed E-state index contributed by atoms with van der Waals surface area (Å²) in [7, 11) is 0. The Bertz CT molecular complexity index is 295. The lowest BCUT2D eigenvalue weighted by molar-refractivity contribution is 0.562. The molecule has 0 aliphatic heterocycles. The minimum Gasteiger partial charge on any atom is -0.211 e. The minimum atomic E-state index is -0.0966. The second kappa shape index (κ2) is 10.9. The highest BCUT2D eigenvalue weighted by atomic mass is 32.2. The van der Waals surface area contributed by atoms with E-state index < -0.39 is 0 Å². The van der Waals surface area contributed by atoms with E-state index in [4.69, 9.17) is 0 Å². The highest BCUT2D eigenvalue weighted by Gasteiger charge is 2.08. The van der Waals surface area contributed by atoms with Crippen LogP contribution in [0.25, 0.3) is 0 Å². The second-order valence-electron chi connectivity index (χ2n) is 1.95. The van der Waals surface area contributed by atoms with Crippen molar-refractivity contribution in [2.45, 2.75) is 4.58 Å². The molecule has 0 atom stereocenters. The Hall–Kier alpha value is -1.16. The van der Waals surface area contributed by atoms with Gasteiger partial charge in [0.15, 0.2) is 0 Å². The van der Waals surface area contributed by atoms with Crippen molar-refractivity contribution < 1.29 is 14.4 Å². The summed E-state index contributed by atoms with van der Waals surface area (Å²) in [6.07, 6.45) is 4.21. The van der Waals surface area contributed by atoms with Crippen molar-refractivity contribution in [3.63, 3.8) is 0 Å². The van der Waals surface area contributed by atoms with Crippen molar-refractivity contribution in [2.24, 2.45) is 15.0 Å². The Morgan fingerprint density at radius 1 is 0.867 bits per heavy atom. The predicted octanol–water partition coefficient (Wildman–Crippen LogP) is 0.701. The molecule has 0 spiro atoms. The molecule has 0 aliphatic rings. The molecule has 0 aromatic heterocycles. The fourth-order valence-electron chi connectivity index (χ4n) is 0.559. The van der Waals surface area contributed by atoms with E-state index in [1.807, 2.05) is 0 Å². The van der Waals surface area contributed by atoms with Crippen molar-refractivity contribution in [1.82, 2.24) is 0 Å². The van der Waals surface area contributed by atoms with Crippen LogP contribution in [0.4, 0.5) is 0 Å². The summed E-state index contributed by atoms with van der Waals surface area (Å²) in [4.78, 5) is 39.6. The van der Waals surface area contributed by atoms with Gasteiger partial charge < -0.3 is 0 Å². The van der Waals surface area contributed by atoms with Gasteiger partial charge in [0.2, 0.25) is 18.2 Å². The fourth-order valence-corrected chi connectivity index (χ4v) is 2.26. The number of aliphatic imine (C=N–C) groups is 3. The molecule has 15 heavy (non-hydrogen) atoms. The molecule has 0 heterocycles. The number of isocyanates is 3. The third-order valence-corrected chi connectivity index (χ3v) is 3.50. The van der Waals surface area contributed by atoms with Gasteiger partial charge in [-0.1, -0.05) is 0 Å². The Morgan fingerprint density at radius 2 is 1.33 bits per heavy atom. The van der Waals surface area contributed by atoms with Crippen molar-refractivity contribution in [3.8, 4) is 0 Å². The first-order valence-electron chi connectivity index (χ1n) is 3.69. The van der Waals surface area contributed by atoms with Gasteiger partial charge in [-0.05, 0) is 0 Å². The van der Waals surface area contributed by atoms with Gasteiger partial charge >= 0.3 is 0 Å². The number of thioether (sulfide) groups is 2. The monoisotopic (exact) mass is 245 g/mol. The molecule has 0 bridgehead atoms. The average molecular weight is 245 g/mol. The van der Waals surface area contributed by atoms with E-state index in [-0.39, 0.29) is 22.9 Å². The third-order valence-electron chi connectivity index (χ3n) is 1.08. The third kappa shape index (κ3) is 9.15. The number of hydrogen-bond acceptors (Lipinski definition) is 8. The van der Waals surface area contributed by atoms with Crippen LogP contribution < -0.4 is 0 Å². The molecule has 0 aliphatic carbocycles. The first-order valence-corrected chi connectivity index (χ1v) is 5.79. The van der Waals surface area contributed by atoms with E-state index in [0.29, 0.717) is 0 Å². The topological polar surface area (TPSA) is 88.3 Å². The summed E-state index contributed by atoms with van der Waals surface area (Å²) in [5, 5.41) is 0. The fraction of sp³-hybridized carbons (Fsp3) is 0.571. The van der Waals surface area contributed by atoms with E-state index in [0.717, 1.165) is 0 Å². The highest BCUT2D eigenvalue weighted by molar-refractivity contribution is 8.17. The van der Waals surface area contributed by atoms with Crippen molar-refractivity contribution >= 4 is 41.8 Å². The maximum Gasteiger partial charge on any atom is 0.235 e. The lowest BCUT2D eigenvalue weighted by Crippen LogP contribution is -2.03. The van der Waals surface area contributed by atoms with Crippen LogP contribution in [0.2, 0.25) is 0 Å². The molecular weight excluding hydrogens is 238 g/mol. The molecule has 0 rings (SSSR count). The Labute approximate surface area is 94.3 Å². The summed E-state index contributed by atoms with van der Waals surface area (Å²) in [6.45, 7) is 0.238. The van der Waals surface area contributed by atoms with Crippen molar-refractivity contribution in [2.75, 3.05) is 18.3 Å². The number of nitrogens with zero attached hydrogens (tertiary/aromatic N) is 3. The molecule has 0 aromatic carbocycles. The molecule has 0 saturated heterocycles. The predicted molar refractivity (Wildman–Crippen MR) is 57.9 cm³/mol. The van der Waals surface area contributed by atoms with Gasteiger partial charge in [-0.2, -0.15) is 9.98 Å². The van der Waals surface area contributed by atoms with Gasteiger partial charge in [-0.15, -0.1) is 23.5 Å². The van der Waals surface area contributed by atoms with Crippen LogP contribution in [-0.4, -0.2) is 41.1 Å². The van der Waals surface area contributed by atoms with Gasteiger partial charge in [-0.3, -0.25) is 0 Å². The Kier molecular flexibility index (Phi) is 10.1. The van der Waals surface area contributed by atoms with Crippen LogP contribution in [-0.2, 0) is 14.4 Å². The summed E-state index contributed by atoms with van der Waals surface area (Å²) < 4.78 is -0.0966. The second-order valence-corrected chi connectivity index (χ2v) is 4.57. The van der Waals surface area contributed by atoms with Crippen LogP contribution in [0.15, 0.2) is 15.0 Å².